The average Bonchev–Trinajstić information content (AvgIpc) is 3.22. The van der Waals surface area contributed by atoms with E-state index in [4.69, 9.17) is 21.1 Å². The van der Waals surface area contributed by atoms with Gasteiger partial charge in [0.05, 0.1) is 0 Å². The van der Waals surface area contributed by atoms with E-state index in [2.05, 4.69) is 5.32 Å². The van der Waals surface area contributed by atoms with Gasteiger partial charge in [-0.3, -0.25) is 9.59 Å². The first-order chi connectivity index (χ1) is 14.5. The van der Waals surface area contributed by atoms with Crippen LogP contribution < -0.4 is 14.8 Å². The van der Waals surface area contributed by atoms with Crippen LogP contribution in [0.25, 0.3) is 0 Å². The summed E-state index contributed by atoms with van der Waals surface area (Å²) in [6.45, 7) is 4.81. The molecular weight excluding hydrogens is 404 g/mol. The van der Waals surface area contributed by atoms with Gasteiger partial charge in [-0.1, -0.05) is 42.8 Å². The third-order valence-corrected chi connectivity index (χ3v) is 5.45. The van der Waals surface area contributed by atoms with Gasteiger partial charge in [-0.15, -0.1) is 0 Å². The van der Waals surface area contributed by atoms with Crippen LogP contribution in [0.15, 0.2) is 42.5 Å². The van der Waals surface area contributed by atoms with Gasteiger partial charge in [0.2, 0.25) is 18.6 Å². The van der Waals surface area contributed by atoms with Crippen molar-refractivity contribution in [2.75, 3.05) is 13.3 Å². The van der Waals surface area contributed by atoms with Crippen LogP contribution in [0.3, 0.4) is 0 Å². The third-order valence-electron chi connectivity index (χ3n) is 5.08. The molecule has 2 aromatic rings. The van der Waals surface area contributed by atoms with Crippen molar-refractivity contribution >= 4 is 23.4 Å². The summed E-state index contributed by atoms with van der Waals surface area (Å²) in [5, 5.41) is 3.45. The van der Waals surface area contributed by atoms with Crippen molar-refractivity contribution in [1.82, 2.24) is 10.2 Å². The molecule has 30 heavy (non-hydrogen) atoms. The monoisotopic (exact) mass is 430 g/mol. The van der Waals surface area contributed by atoms with Crippen LogP contribution in [-0.4, -0.2) is 36.1 Å². The third kappa shape index (κ3) is 5.45. The second kappa shape index (κ2) is 10.3. The molecule has 1 aliphatic rings. The van der Waals surface area contributed by atoms with Crippen LogP contribution in [0.1, 0.15) is 37.8 Å². The zero-order valence-electron chi connectivity index (χ0n) is 17.3. The molecule has 160 valence electrons. The van der Waals surface area contributed by atoms with Crippen molar-refractivity contribution < 1.29 is 19.1 Å². The number of amides is 2. The summed E-state index contributed by atoms with van der Waals surface area (Å²) < 4.78 is 10.7. The van der Waals surface area contributed by atoms with Crippen molar-refractivity contribution in [3.05, 3.63) is 58.6 Å². The van der Waals surface area contributed by atoms with Crippen molar-refractivity contribution in [3.8, 4) is 11.5 Å². The van der Waals surface area contributed by atoms with E-state index in [0.717, 1.165) is 17.5 Å². The van der Waals surface area contributed by atoms with Crippen molar-refractivity contribution in [1.29, 1.82) is 0 Å². The number of aryl methyl sites for hydroxylation is 1. The highest BCUT2D eigenvalue weighted by atomic mass is 35.5. The van der Waals surface area contributed by atoms with Gasteiger partial charge in [-0.25, -0.2) is 0 Å². The normalized spacial score (nSPS) is 13.0. The summed E-state index contributed by atoms with van der Waals surface area (Å²) in [5.41, 5.74) is 1.79. The number of rotatable bonds is 9. The molecule has 1 atom stereocenters. The Morgan fingerprint density at radius 3 is 2.70 bits per heavy atom. The maximum atomic E-state index is 13.1. The molecule has 1 heterocycles. The first-order valence-electron chi connectivity index (χ1n) is 10.2. The molecule has 1 unspecified atom stereocenters. The molecule has 3 rings (SSSR count). The quantitative estimate of drug-likeness (QED) is 0.654. The lowest BCUT2D eigenvalue weighted by molar-refractivity contribution is -0.140. The maximum Gasteiger partial charge on any atom is 0.242 e. The fraction of sp³-hybridized carbons (Fsp3) is 0.391. The molecule has 1 N–H and O–H groups in total. The van der Waals surface area contributed by atoms with Crippen LogP contribution in [0.5, 0.6) is 11.5 Å². The summed E-state index contributed by atoms with van der Waals surface area (Å²) in [5.74, 6) is 1.14. The molecule has 0 fully saturated rings. The number of halogens is 1. The Hall–Kier alpha value is -2.73. The number of hydrogen-bond acceptors (Lipinski definition) is 4. The predicted molar refractivity (Wildman–Crippen MR) is 116 cm³/mol. The number of fused-ring (bicyclic) bond motifs is 1. The number of ether oxygens (including phenoxy) is 2. The molecule has 0 saturated carbocycles. The predicted octanol–water partition coefficient (Wildman–Crippen LogP) is 3.94. The number of carbonyl (C=O) groups is 2. The molecule has 0 spiro atoms. The summed E-state index contributed by atoms with van der Waals surface area (Å²) in [4.78, 5) is 27.3. The first-order valence-corrected chi connectivity index (χ1v) is 10.6. The highest BCUT2D eigenvalue weighted by Gasteiger charge is 2.26. The molecule has 0 radical (unpaired) electrons. The van der Waals surface area contributed by atoms with Gasteiger partial charge in [0.25, 0.3) is 0 Å². The number of carbonyl (C=O) groups excluding carboxylic acids is 2. The molecule has 2 aromatic carbocycles. The molecule has 0 aliphatic carbocycles. The van der Waals surface area contributed by atoms with E-state index in [9.17, 15) is 9.59 Å². The van der Waals surface area contributed by atoms with Gasteiger partial charge in [-0.05, 0) is 49.1 Å². The lowest BCUT2D eigenvalue weighted by Crippen LogP contribution is -2.47. The minimum Gasteiger partial charge on any atom is -0.454 e. The van der Waals surface area contributed by atoms with Crippen LogP contribution in [0.4, 0.5) is 0 Å². The van der Waals surface area contributed by atoms with E-state index in [-0.39, 0.29) is 31.6 Å². The van der Waals surface area contributed by atoms with Crippen LogP contribution in [-0.2, 0) is 22.6 Å². The molecular formula is C23H27ClN2O4. The highest BCUT2D eigenvalue weighted by molar-refractivity contribution is 6.31. The van der Waals surface area contributed by atoms with Gasteiger partial charge in [0.15, 0.2) is 11.5 Å². The number of nitrogens with zero attached hydrogens (tertiary/aromatic N) is 1. The second-order valence-electron chi connectivity index (χ2n) is 7.27. The highest BCUT2D eigenvalue weighted by Crippen LogP contribution is 2.32. The average molecular weight is 431 g/mol. The van der Waals surface area contributed by atoms with E-state index < -0.39 is 6.04 Å². The Morgan fingerprint density at radius 1 is 1.17 bits per heavy atom. The van der Waals surface area contributed by atoms with Crippen molar-refractivity contribution in [2.45, 2.75) is 45.7 Å². The molecule has 7 heteroatoms. The lowest BCUT2D eigenvalue weighted by atomic mass is 10.1. The Bertz CT molecular complexity index is 903. The van der Waals surface area contributed by atoms with Gasteiger partial charge >= 0.3 is 0 Å². The van der Waals surface area contributed by atoms with Crippen molar-refractivity contribution in [2.24, 2.45) is 0 Å². The molecule has 2 amide bonds. The molecule has 0 bridgehead atoms. The van der Waals surface area contributed by atoms with Gasteiger partial charge in [0.1, 0.15) is 6.04 Å². The molecule has 0 saturated heterocycles. The van der Waals surface area contributed by atoms with Gasteiger partial charge in [0, 0.05) is 24.5 Å². The standard InChI is InChI=1S/C23H27ClN2O4/c1-3-12-25-23(28)16(2)26(14-18-6-4-5-7-19(18)24)22(27)11-9-17-8-10-20-21(13-17)30-15-29-20/h4-8,10,13,16H,3,9,11-12,14-15H2,1-2H3,(H,25,28). The Kier molecular flexibility index (Phi) is 7.57. The minimum atomic E-state index is -0.600. The zero-order chi connectivity index (χ0) is 21.5. The SMILES string of the molecule is CCCNC(=O)C(C)N(Cc1ccccc1Cl)C(=O)CCc1ccc2c(c1)OCO2. The number of nitrogens with one attached hydrogen (secondary N) is 1. The molecule has 0 aromatic heterocycles. The summed E-state index contributed by atoms with van der Waals surface area (Å²) in [6, 6.07) is 12.4. The van der Waals surface area contributed by atoms with E-state index in [1.165, 1.54) is 0 Å². The zero-order valence-corrected chi connectivity index (χ0v) is 18.1. The number of hydrogen-bond donors (Lipinski definition) is 1. The topological polar surface area (TPSA) is 67.9 Å². The fourth-order valence-electron chi connectivity index (χ4n) is 3.28. The Labute approximate surface area is 182 Å². The number of benzene rings is 2. The fourth-order valence-corrected chi connectivity index (χ4v) is 3.48. The smallest absolute Gasteiger partial charge is 0.242 e. The van der Waals surface area contributed by atoms with E-state index in [1.807, 2.05) is 43.3 Å². The maximum absolute atomic E-state index is 13.1. The second-order valence-corrected chi connectivity index (χ2v) is 7.67. The summed E-state index contributed by atoms with van der Waals surface area (Å²) in [6.07, 6.45) is 1.65. The summed E-state index contributed by atoms with van der Waals surface area (Å²) in [7, 11) is 0. The Balaban J connectivity index is 1.71. The summed E-state index contributed by atoms with van der Waals surface area (Å²) >= 11 is 6.30. The lowest BCUT2D eigenvalue weighted by Gasteiger charge is -2.29. The molecule has 1 aliphatic heterocycles. The van der Waals surface area contributed by atoms with E-state index >= 15 is 0 Å². The van der Waals surface area contributed by atoms with Crippen molar-refractivity contribution in [3.63, 3.8) is 0 Å². The largest absolute Gasteiger partial charge is 0.454 e. The van der Waals surface area contributed by atoms with Crippen LogP contribution in [0.2, 0.25) is 5.02 Å². The van der Waals surface area contributed by atoms with Gasteiger partial charge in [-0.2, -0.15) is 0 Å². The van der Waals surface area contributed by atoms with E-state index in [1.54, 1.807) is 17.9 Å². The van der Waals surface area contributed by atoms with E-state index in [0.29, 0.717) is 29.5 Å². The van der Waals surface area contributed by atoms with Crippen LogP contribution >= 0.6 is 11.6 Å². The first kappa shape index (κ1) is 22.0. The van der Waals surface area contributed by atoms with Gasteiger partial charge < -0.3 is 19.7 Å². The minimum absolute atomic E-state index is 0.105. The van der Waals surface area contributed by atoms with Crippen LogP contribution in [0, 0.1) is 0 Å². The Morgan fingerprint density at radius 2 is 1.93 bits per heavy atom. The molecule has 6 nitrogen and oxygen atoms in total.